The molecule has 1 fully saturated rings. The zero-order valence-electron chi connectivity index (χ0n) is 12.2. The van der Waals surface area contributed by atoms with E-state index in [2.05, 4.69) is 15.2 Å². The summed E-state index contributed by atoms with van der Waals surface area (Å²) >= 11 is 0. The lowest BCUT2D eigenvalue weighted by Crippen LogP contribution is -2.42. The summed E-state index contributed by atoms with van der Waals surface area (Å²) in [5, 5.41) is 2.85. The van der Waals surface area contributed by atoms with E-state index in [0.29, 0.717) is 17.9 Å². The van der Waals surface area contributed by atoms with Crippen LogP contribution in [0.4, 0.5) is 10.2 Å². The number of aromatic nitrogens is 1. The predicted molar refractivity (Wildman–Crippen MR) is 76.4 cm³/mol. The van der Waals surface area contributed by atoms with Gasteiger partial charge in [-0.1, -0.05) is 0 Å². The van der Waals surface area contributed by atoms with Crippen LogP contribution in [0.1, 0.15) is 23.7 Å². The van der Waals surface area contributed by atoms with Crippen LogP contribution in [0.5, 0.6) is 0 Å². The van der Waals surface area contributed by atoms with Crippen molar-refractivity contribution < 1.29 is 9.18 Å². The molecule has 5 nitrogen and oxygen atoms in total. The second-order valence-corrected chi connectivity index (χ2v) is 5.26. The highest BCUT2D eigenvalue weighted by atomic mass is 19.1. The fraction of sp³-hybridized carbons (Fsp3) is 0.571. The van der Waals surface area contributed by atoms with E-state index in [1.54, 1.807) is 11.9 Å². The van der Waals surface area contributed by atoms with Crippen molar-refractivity contribution in [2.75, 3.05) is 39.0 Å². The van der Waals surface area contributed by atoms with E-state index in [9.17, 15) is 9.18 Å². The highest BCUT2D eigenvalue weighted by molar-refractivity contribution is 5.98. The van der Waals surface area contributed by atoms with Crippen LogP contribution in [-0.2, 0) is 0 Å². The molecule has 0 saturated carbocycles. The van der Waals surface area contributed by atoms with Crippen LogP contribution in [0, 0.1) is 5.82 Å². The van der Waals surface area contributed by atoms with Crippen molar-refractivity contribution >= 4 is 11.7 Å². The van der Waals surface area contributed by atoms with Crippen molar-refractivity contribution in [2.45, 2.75) is 19.4 Å². The van der Waals surface area contributed by atoms with Gasteiger partial charge in [0.2, 0.25) is 0 Å². The first-order valence-electron chi connectivity index (χ1n) is 6.85. The van der Waals surface area contributed by atoms with E-state index in [4.69, 9.17) is 0 Å². The summed E-state index contributed by atoms with van der Waals surface area (Å²) in [6.45, 7) is 4.49. The normalized spacial score (nSPS) is 20.6. The minimum absolute atomic E-state index is 0.1000. The van der Waals surface area contributed by atoms with Crippen LogP contribution in [0.3, 0.4) is 0 Å². The summed E-state index contributed by atoms with van der Waals surface area (Å²) in [4.78, 5) is 20.6. The Balaban J connectivity index is 2.28. The maximum Gasteiger partial charge on any atom is 0.257 e. The highest BCUT2D eigenvalue weighted by Gasteiger charge is 2.27. The van der Waals surface area contributed by atoms with Gasteiger partial charge < -0.3 is 15.1 Å². The van der Waals surface area contributed by atoms with E-state index >= 15 is 0 Å². The van der Waals surface area contributed by atoms with Crippen LogP contribution >= 0.6 is 0 Å². The maximum absolute atomic E-state index is 13.4. The molecule has 2 rings (SSSR count). The molecule has 110 valence electrons. The summed E-state index contributed by atoms with van der Waals surface area (Å²) < 4.78 is 13.4. The Morgan fingerprint density at radius 3 is 2.95 bits per heavy atom. The van der Waals surface area contributed by atoms with Crippen LogP contribution in [0.15, 0.2) is 12.3 Å². The van der Waals surface area contributed by atoms with Gasteiger partial charge in [-0.15, -0.1) is 0 Å². The van der Waals surface area contributed by atoms with E-state index in [0.717, 1.165) is 25.7 Å². The molecular formula is C14H21FN4O. The fourth-order valence-electron chi connectivity index (χ4n) is 2.63. The molecule has 1 unspecified atom stereocenters. The van der Waals surface area contributed by atoms with Crippen molar-refractivity contribution in [1.82, 2.24) is 14.8 Å². The number of likely N-dealkylation sites (N-methyl/N-ethyl adjacent to an activating group) is 1. The number of nitrogens with one attached hydrogen (secondary N) is 1. The molecule has 1 atom stereocenters. The molecule has 0 aliphatic carbocycles. The molecule has 0 radical (unpaired) electrons. The van der Waals surface area contributed by atoms with Gasteiger partial charge in [-0.2, -0.15) is 0 Å². The second kappa shape index (κ2) is 6.17. The Labute approximate surface area is 118 Å². The number of hydrogen-bond donors (Lipinski definition) is 1. The topological polar surface area (TPSA) is 48.5 Å². The maximum atomic E-state index is 13.4. The monoisotopic (exact) mass is 280 g/mol. The number of amides is 1. The van der Waals surface area contributed by atoms with Crippen molar-refractivity contribution in [1.29, 1.82) is 0 Å². The van der Waals surface area contributed by atoms with E-state index in [1.807, 2.05) is 14.0 Å². The lowest BCUT2D eigenvalue weighted by molar-refractivity contribution is 0.0696. The largest absolute Gasteiger partial charge is 0.372 e. The highest BCUT2D eigenvalue weighted by Crippen LogP contribution is 2.19. The van der Waals surface area contributed by atoms with Crippen molar-refractivity contribution in [3.63, 3.8) is 0 Å². The first kappa shape index (κ1) is 14.7. The Kier molecular flexibility index (Phi) is 4.54. The van der Waals surface area contributed by atoms with Crippen molar-refractivity contribution in [3.05, 3.63) is 23.6 Å². The average molecular weight is 280 g/mol. The van der Waals surface area contributed by atoms with Crippen LogP contribution in [-0.4, -0.2) is 60.5 Å². The molecule has 0 bridgehead atoms. The summed E-state index contributed by atoms with van der Waals surface area (Å²) in [6.07, 6.45) is 2.03. The number of rotatable bonds is 2. The average Bonchev–Trinajstić information content (AvgIpc) is 2.58. The lowest BCUT2D eigenvalue weighted by Gasteiger charge is -2.28. The van der Waals surface area contributed by atoms with Gasteiger partial charge >= 0.3 is 0 Å². The summed E-state index contributed by atoms with van der Waals surface area (Å²) in [5.74, 6) is -0.239. The third-order valence-corrected chi connectivity index (χ3v) is 3.63. The number of nitrogens with zero attached hydrogens (tertiary/aromatic N) is 3. The molecule has 20 heavy (non-hydrogen) atoms. The standard InChI is InChI=1S/C14H21FN4O/c1-10-9-18(3)5-4-6-19(10)14(20)12-7-11(15)8-17-13(12)16-2/h7-8,10H,4-6,9H2,1-3H3,(H,16,17). The van der Waals surface area contributed by atoms with Crippen molar-refractivity contribution in [3.8, 4) is 0 Å². The molecule has 1 N–H and O–H groups in total. The third kappa shape index (κ3) is 3.07. The minimum atomic E-state index is -0.494. The van der Waals surface area contributed by atoms with Crippen molar-refractivity contribution in [2.24, 2.45) is 0 Å². The molecule has 0 aromatic carbocycles. The summed E-state index contributed by atoms with van der Waals surface area (Å²) in [7, 11) is 3.73. The van der Waals surface area contributed by atoms with Crippen LogP contribution in [0.2, 0.25) is 0 Å². The second-order valence-electron chi connectivity index (χ2n) is 5.26. The summed E-state index contributed by atoms with van der Waals surface area (Å²) in [5.41, 5.74) is 0.295. The van der Waals surface area contributed by atoms with Crippen LogP contribution < -0.4 is 5.32 Å². The first-order chi connectivity index (χ1) is 9.52. The zero-order valence-corrected chi connectivity index (χ0v) is 12.2. The number of carbonyl (C=O) groups is 1. The Morgan fingerprint density at radius 2 is 2.25 bits per heavy atom. The molecule has 2 heterocycles. The predicted octanol–water partition coefficient (Wildman–Crippen LogP) is 1.43. The lowest BCUT2D eigenvalue weighted by atomic mass is 10.1. The SMILES string of the molecule is CNc1ncc(F)cc1C(=O)N1CCCN(C)CC1C. The van der Waals surface area contributed by atoms with E-state index in [1.165, 1.54) is 6.07 Å². The van der Waals surface area contributed by atoms with Gasteiger partial charge in [0.15, 0.2) is 0 Å². The Hall–Kier alpha value is -1.69. The molecule has 1 amide bonds. The number of anilines is 1. The van der Waals surface area contributed by atoms with Gasteiger partial charge in [0, 0.05) is 26.2 Å². The Morgan fingerprint density at radius 1 is 1.50 bits per heavy atom. The van der Waals surface area contributed by atoms with Gasteiger partial charge in [0.05, 0.1) is 11.8 Å². The van der Waals surface area contributed by atoms with Gasteiger partial charge in [-0.25, -0.2) is 9.37 Å². The van der Waals surface area contributed by atoms with Gasteiger partial charge in [0.25, 0.3) is 5.91 Å². The molecular weight excluding hydrogens is 259 g/mol. The molecule has 1 aromatic heterocycles. The van der Waals surface area contributed by atoms with E-state index in [-0.39, 0.29) is 11.9 Å². The molecule has 1 aliphatic heterocycles. The van der Waals surface area contributed by atoms with Gasteiger partial charge in [0.1, 0.15) is 11.6 Å². The molecule has 1 aromatic rings. The zero-order chi connectivity index (χ0) is 14.7. The van der Waals surface area contributed by atoms with Crippen LogP contribution in [0.25, 0.3) is 0 Å². The summed E-state index contributed by atoms with van der Waals surface area (Å²) in [6, 6.07) is 1.35. The number of halogens is 1. The number of pyridine rings is 1. The van der Waals surface area contributed by atoms with Gasteiger partial charge in [-0.3, -0.25) is 4.79 Å². The first-order valence-corrected chi connectivity index (χ1v) is 6.85. The quantitative estimate of drug-likeness (QED) is 0.890. The molecule has 1 aliphatic rings. The van der Waals surface area contributed by atoms with E-state index < -0.39 is 5.82 Å². The smallest absolute Gasteiger partial charge is 0.257 e. The molecule has 1 saturated heterocycles. The fourth-order valence-corrected chi connectivity index (χ4v) is 2.63. The Bertz CT molecular complexity index is 494. The number of carbonyl (C=O) groups excluding carboxylic acids is 1. The molecule has 6 heteroatoms. The third-order valence-electron chi connectivity index (χ3n) is 3.63. The minimum Gasteiger partial charge on any atom is -0.372 e. The number of hydrogen-bond acceptors (Lipinski definition) is 4. The van der Waals surface area contributed by atoms with Gasteiger partial charge in [-0.05, 0) is 33.0 Å². The molecule has 0 spiro atoms.